The highest BCUT2D eigenvalue weighted by Crippen LogP contribution is 2.37. The largest absolute Gasteiger partial charge is 0.481 e. The molecule has 0 saturated carbocycles. The predicted molar refractivity (Wildman–Crippen MR) is 97.8 cm³/mol. The molecule has 3 aromatic rings. The van der Waals surface area contributed by atoms with E-state index in [9.17, 15) is 18.0 Å². The molecule has 27 heavy (non-hydrogen) atoms. The van der Waals surface area contributed by atoms with E-state index in [1.807, 2.05) is 31.3 Å². The number of carboxylic acid groups (broad SMARTS) is 1. The molecule has 0 aliphatic carbocycles. The number of alkyl halides is 3. The fourth-order valence-electron chi connectivity index (χ4n) is 3.50. The summed E-state index contributed by atoms with van der Waals surface area (Å²) in [5, 5.41) is 10.1. The monoisotopic (exact) mass is 375 g/mol. The van der Waals surface area contributed by atoms with E-state index in [0.717, 1.165) is 40.6 Å². The number of rotatable bonds is 6. The van der Waals surface area contributed by atoms with Crippen molar-refractivity contribution in [1.29, 1.82) is 0 Å². The minimum Gasteiger partial charge on any atom is -0.481 e. The molecule has 1 heterocycles. The SMILES string of the molecule is CCc1cccc2c(C(CCC(=O)O)c3ccc(C(F)(F)F)cc3)c[nH]c12. The molecule has 1 aromatic heterocycles. The van der Waals surface area contributed by atoms with Crippen molar-refractivity contribution in [2.24, 2.45) is 0 Å². The van der Waals surface area contributed by atoms with Gasteiger partial charge in [0, 0.05) is 29.4 Å². The number of benzene rings is 2. The zero-order valence-corrected chi connectivity index (χ0v) is 14.8. The van der Waals surface area contributed by atoms with Crippen LogP contribution in [0.4, 0.5) is 13.2 Å². The predicted octanol–water partition coefficient (Wildman–Crippen LogP) is 5.75. The molecule has 0 fully saturated rings. The van der Waals surface area contributed by atoms with Gasteiger partial charge in [-0.3, -0.25) is 4.79 Å². The van der Waals surface area contributed by atoms with Crippen LogP contribution in [0.15, 0.2) is 48.7 Å². The van der Waals surface area contributed by atoms with Crippen molar-refractivity contribution in [2.45, 2.75) is 38.3 Å². The lowest BCUT2D eigenvalue weighted by molar-refractivity contribution is -0.138. The molecular formula is C21H20F3NO2. The number of carboxylic acids is 1. The Morgan fingerprint density at radius 2 is 1.85 bits per heavy atom. The summed E-state index contributed by atoms with van der Waals surface area (Å²) in [5.41, 5.74) is 2.99. The molecule has 0 amide bonds. The van der Waals surface area contributed by atoms with Gasteiger partial charge in [0.15, 0.2) is 0 Å². The first-order chi connectivity index (χ1) is 12.8. The van der Waals surface area contributed by atoms with E-state index in [0.29, 0.717) is 12.0 Å². The minimum absolute atomic E-state index is 0.0637. The number of para-hydroxylation sites is 1. The number of hydrogen-bond acceptors (Lipinski definition) is 1. The van der Waals surface area contributed by atoms with Crippen molar-refractivity contribution >= 4 is 16.9 Å². The van der Waals surface area contributed by atoms with Crippen LogP contribution in [-0.4, -0.2) is 16.1 Å². The maximum absolute atomic E-state index is 12.9. The molecule has 0 bridgehead atoms. The molecule has 2 N–H and O–H groups in total. The van der Waals surface area contributed by atoms with Gasteiger partial charge in [0.1, 0.15) is 0 Å². The van der Waals surface area contributed by atoms with Crippen LogP contribution in [0.2, 0.25) is 0 Å². The summed E-state index contributed by atoms with van der Waals surface area (Å²) in [6, 6.07) is 10.9. The third-order valence-electron chi connectivity index (χ3n) is 4.88. The van der Waals surface area contributed by atoms with Crippen LogP contribution in [0.25, 0.3) is 10.9 Å². The van der Waals surface area contributed by atoms with E-state index in [4.69, 9.17) is 5.11 Å². The Hall–Kier alpha value is -2.76. The Kier molecular flexibility index (Phi) is 5.26. The van der Waals surface area contributed by atoms with Crippen LogP contribution in [0.5, 0.6) is 0 Å². The minimum atomic E-state index is -4.40. The van der Waals surface area contributed by atoms with Crippen molar-refractivity contribution in [3.63, 3.8) is 0 Å². The fraction of sp³-hybridized carbons (Fsp3) is 0.286. The molecule has 0 radical (unpaired) electrons. The van der Waals surface area contributed by atoms with Gasteiger partial charge >= 0.3 is 12.1 Å². The van der Waals surface area contributed by atoms with Gasteiger partial charge in [-0.2, -0.15) is 13.2 Å². The molecule has 0 spiro atoms. The van der Waals surface area contributed by atoms with Gasteiger partial charge in [-0.1, -0.05) is 37.3 Å². The summed E-state index contributed by atoms with van der Waals surface area (Å²) in [6.45, 7) is 2.05. The van der Waals surface area contributed by atoms with Gasteiger partial charge in [0.25, 0.3) is 0 Å². The van der Waals surface area contributed by atoms with Crippen LogP contribution >= 0.6 is 0 Å². The van der Waals surface area contributed by atoms with Crippen LogP contribution < -0.4 is 0 Å². The Morgan fingerprint density at radius 1 is 1.15 bits per heavy atom. The number of fused-ring (bicyclic) bond motifs is 1. The van der Waals surface area contributed by atoms with Gasteiger partial charge < -0.3 is 10.1 Å². The molecule has 2 aromatic carbocycles. The molecule has 1 atom stereocenters. The lowest BCUT2D eigenvalue weighted by Gasteiger charge is -2.17. The summed E-state index contributed by atoms with van der Waals surface area (Å²) >= 11 is 0. The van der Waals surface area contributed by atoms with E-state index in [-0.39, 0.29) is 12.3 Å². The number of hydrogen-bond donors (Lipinski definition) is 2. The Balaban J connectivity index is 2.05. The normalized spacial score (nSPS) is 13.0. The van der Waals surface area contributed by atoms with Gasteiger partial charge in [0.2, 0.25) is 0 Å². The highest BCUT2D eigenvalue weighted by atomic mass is 19.4. The smallest absolute Gasteiger partial charge is 0.416 e. The summed E-state index contributed by atoms with van der Waals surface area (Å²) < 4.78 is 38.6. The molecule has 6 heteroatoms. The zero-order chi connectivity index (χ0) is 19.6. The molecule has 3 nitrogen and oxygen atoms in total. The lowest BCUT2D eigenvalue weighted by atomic mass is 9.86. The van der Waals surface area contributed by atoms with Gasteiger partial charge in [-0.25, -0.2) is 0 Å². The Morgan fingerprint density at radius 3 is 2.44 bits per heavy atom. The van der Waals surface area contributed by atoms with Gasteiger partial charge in [0.05, 0.1) is 5.56 Å². The van der Waals surface area contributed by atoms with E-state index in [2.05, 4.69) is 4.98 Å². The molecule has 0 saturated heterocycles. The number of H-pyrrole nitrogens is 1. The Bertz CT molecular complexity index is 942. The van der Waals surface area contributed by atoms with Crippen molar-refractivity contribution < 1.29 is 23.1 Å². The second-order valence-corrected chi connectivity index (χ2v) is 6.54. The topological polar surface area (TPSA) is 53.1 Å². The van der Waals surface area contributed by atoms with Crippen LogP contribution in [0.3, 0.4) is 0 Å². The maximum atomic E-state index is 12.9. The van der Waals surface area contributed by atoms with E-state index >= 15 is 0 Å². The molecule has 3 rings (SSSR count). The first-order valence-electron chi connectivity index (χ1n) is 8.79. The van der Waals surface area contributed by atoms with Crippen LogP contribution in [-0.2, 0) is 17.4 Å². The van der Waals surface area contributed by atoms with E-state index in [1.54, 1.807) is 0 Å². The first-order valence-corrected chi connectivity index (χ1v) is 8.79. The quantitative estimate of drug-likeness (QED) is 0.577. The van der Waals surface area contributed by atoms with Crippen molar-refractivity contribution in [1.82, 2.24) is 4.98 Å². The summed E-state index contributed by atoms with van der Waals surface area (Å²) in [6.07, 6.45) is -1.47. The first kappa shape index (κ1) is 19.0. The zero-order valence-electron chi connectivity index (χ0n) is 14.8. The average Bonchev–Trinajstić information content (AvgIpc) is 3.05. The lowest BCUT2D eigenvalue weighted by Crippen LogP contribution is -2.07. The average molecular weight is 375 g/mol. The Labute approximate surface area is 154 Å². The third-order valence-corrected chi connectivity index (χ3v) is 4.88. The van der Waals surface area contributed by atoms with Crippen molar-refractivity contribution in [3.8, 4) is 0 Å². The molecule has 0 aliphatic heterocycles. The fourth-order valence-corrected chi connectivity index (χ4v) is 3.50. The molecule has 1 unspecified atom stereocenters. The number of aromatic amines is 1. The number of nitrogens with one attached hydrogen (secondary N) is 1. The van der Waals surface area contributed by atoms with Crippen LogP contribution in [0.1, 0.15) is 47.9 Å². The standard InChI is InChI=1S/C21H20F3NO2/c1-2-13-4-3-5-17-18(12-25-20(13)17)16(10-11-19(26)27)14-6-8-15(9-7-14)21(22,23)24/h3-9,12,16,25H,2,10-11H2,1H3,(H,26,27). The summed E-state index contributed by atoms with van der Waals surface area (Å²) in [4.78, 5) is 14.4. The second-order valence-electron chi connectivity index (χ2n) is 6.54. The summed E-state index contributed by atoms with van der Waals surface area (Å²) in [5.74, 6) is -1.23. The highest BCUT2D eigenvalue weighted by Gasteiger charge is 2.30. The van der Waals surface area contributed by atoms with Crippen molar-refractivity contribution in [2.75, 3.05) is 0 Å². The second kappa shape index (κ2) is 7.47. The maximum Gasteiger partial charge on any atom is 0.416 e. The van der Waals surface area contributed by atoms with Crippen molar-refractivity contribution in [3.05, 3.63) is 70.9 Å². The summed E-state index contributed by atoms with van der Waals surface area (Å²) in [7, 11) is 0. The van der Waals surface area contributed by atoms with Crippen LogP contribution in [0, 0.1) is 0 Å². The molecular weight excluding hydrogens is 355 g/mol. The number of aryl methyl sites for hydroxylation is 1. The third kappa shape index (κ3) is 3.99. The highest BCUT2D eigenvalue weighted by molar-refractivity contribution is 5.87. The van der Waals surface area contributed by atoms with Gasteiger partial charge in [-0.15, -0.1) is 0 Å². The molecule has 142 valence electrons. The van der Waals surface area contributed by atoms with Gasteiger partial charge in [-0.05, 0) is 41.7 Å². The van der Waals surface area contributed by atoms with E-state index < -0.39 is 17.7 Å². The number of carbonyl (C=O) groups is 1. The number of aliphatic carboxylic acids is 1. The molecule has 0 aliphatic rings. The van der Waals surface area contributed by atoms with E-state index in [1.165, 1.54) is 12.1 Å². The number of halogens is 3. The number of aromatic nitrogens is 1.